The van der Waals surface area contributed by atoms with Gasteiger partial charge in [0.05, 0.1) is 0 Å². The number of carboxylic acids is 1. The van der Waals surface area contributed by atoms with E-state index in [0.717, 1.165) is 25.7 Å². The molecule has 0 radical (unpaired) electrons. The van der Waals surface area contributed by atoms with E-state index in [9.17, 15) is 4.79 Å². The van der Waals surface area contributed by atoms with E-state index in [1.54, 1.807) is 0 Å². The molecule has 1 rings (SSSR count). The number of benzene rings is 1. The van der Waals surface area contributed by atoms with Gasteiger partial charge in [0, 0.05) is 6.42 Å². The second-order valence-electron chi connectivity index (χ2n) is 7.17. The lowest BCUT2D eigenvalue weighted by atomic mass is 9.87. The Morgan fingerprint density at radius 3 is 2.22 bits per heavy atom. The molecule has 0 aromatic heterocycles. The van der Waals surface area contributed by atoms with E-state index in [0.29, 0.717) is 18.3 Å². The van der Waals surface area contributed by atoms with Gasteiger partial charge >= 0.3 is 5.97 Å². The Bertz CT molecular complexity index is 434. The smallest absolute Gasteiger partial charge is 0.303 e. The van der Waals surface area contributed by atoms with E-state index in [2.05, 4.69) is 45.0 Å². The van der Waals surface area contributed by atoms with Crippen molar-refractivity contribution in [3.63, 3.8) is 0 Å². The van der Waals surface area contributed by atoms with Crippen LogP contribution in [0.4, 0.5) is 0 Å². The summed E-state index contributed by atoms with van der Waals surface area (Å²) < 4.78 is 0. The topological polar surface area (TPSA) is 37.3 Å². The minimum Gasteiger partial charge on any atom is -0.481 e. The number of hydrogen-bond donors (Lipinski definition) is 1. The van der Waals surface area contributed by atoms with Crippen molar-refractivity contribution >= 4 is 5.97 Å². The van der Waals surface area contributed by atoms with Crippen LogP contribution in [0.1, 0.15) is 89.2 Å². The molecule has 23 heavy (non-hydrogen) atoms. The average molecular weight is 319 g/mol. The molecule has 0 heterocycles. The monoisotopic (exact) mass is 318 g/mol. The highest BCUT2D eigenvalue weighted by Crippen LogP contribution is 2.28. The molecule has 0 aliphatic carbocycles. The summed E-state index contributed by atoms with van der Waals surface area (Å²) >= 11 is 0. The standard InChI is InChI=1S/C21H34O2/c1-4-5-9-19(10-7-6-8-11-21(22)23)20-14-12-18(13-15-20)16-17(2)3/h12-15,17,19H,4-11,16H2,1-3H3,(H,22,23). The van der Waals surface area contributed by atoms with E-state index < -0.39 is 5.97 Å². The SMILES string of the molecule is CCCCC(CCCCCC(=O)O)c1ccc(CC(C)C)cc1. The second kappa shape index (κ2) is 11.3. The number of carboxylic acid groups (broad SMARTS) is 1. The number of aliphatic carboxylic acids is 1. The third-order valence-electron chi connectivity index (χ3n) is 4.44. The summed E-state index contributed by atoms with van der Waals surface area (Å²) in [5, 5.41) is 8.70. The minimum absolute atomic E-state index is 0.309. The fraction of sp³-hybridized carbons (Fsp3) is 0.667. The first-order valence-corrected chi connectivity index (χ1v) is 9.33. The normalized spacial score (nSPS) is 12.5. The van der Waals surface area contributed by atoms with Gasteiger partial charge in [0.25, 0.3) is 0 Å². The maximum Gasteiger partial charge on any atom is 0.303 e. The van der Waals surface area contributed by atoms with E-state index in [1.807, 2.05) is 0 Å². The van der Waals surface area contributed by atoms with Crippen molar-refractivity contribution in [1.29, 1.82) is 0 Å². The fourth-order valence-electron chi connectivity index (χ4n) is 3.17. The lowest BCUT2D eigenvalue weighted by Gasteiger charge is -2.18. The van der Waals surface area contributed by atoms with Crippen molar-refractivity contribution in [2.24, 2.45) is 5.92 Å². The Balaban J connectivity index is 2.53. The number of hydrogen-bond acceptors (Lipinski definition) is 1. The van der Waals surface area contributed by atoms with Gasteiger partial charge in [-0.15, -0.1) is 0 Å². The zero-order valence-corrected chi connectivity index (χ0v) is 15.2. The number of unbranched alkanes of at least 4 members (excludes halogenated alkanes) is 3. The average Bonchev–Trinajstić information content (AvgIpc) is 2.50. The van der Waals surface area contributed by atoms with Crippen LogP contribution in [0.3, 0.4) is 0 Å². The van der Waals surface area contributed by atoms with Crippen molar-refractivity contribution < 1.29 is 9.90 Å². The zero-order chi connectivity index (χ0) is 17.1. The minimum atomic E-state index is -0.673. The molecule has 0 amide bonds. The predicted molar refractivity (Wildman–Crippen MR) is 98.0 cm³/mol. The lowest BCUT2D eigenvalue weighted by molar-refractivity contribution is -0.137. The molecule has 0 saturated heterocycles. The highest BCUT2D eigenvalue weighted by molar-refractivity contribution is 5.66. The third kappa shape index (κ3) is 8.78. The molecule has 1 atom stereocenters. The lowest BCUT2D eigenvalue weighted by Crippen LogP contribution is -2.01. The summed E-state index contributed by atoms with van der Waals surface area (Å²) in [7, 11) is 0. The molecular weight excluding hydrogens is 284 g/mol. The van der Waals surface area contributed by atoms with E-state index in [-0.39, 0.29) is 0 Å². The van der Waals surface area contributed by atoms with Gasteiger partial charge in [-0.05, 0) is 48.6 Å². The molecular formula is C21H34O2. The van der Waals surface area contributed by atoms with Crippen molar-refractivity contribution in [3.05, 3.63) is 35.4 Å². The molecule has 0 aliphatic rings. The highest BCUT2D eigenvalue weighted by atomic mass is 16.4. The predicted octanol–water partition coefficient (Wildman–Crippen LogP) is 6.19. The fourth-order valence-corrected chi connectivity index (χ4v) is 3.17. The van der Waals surface area contributed by atoms with Crippen molar-refractivity contribution in [2.45, 2.75) is 84.5 Å². The van der Waals surface area contributed by atoms with Gasteiger partial charge in [-0.2, -0.15) is 0 Å². The molecule has 0 spiro atoms. The molecule has 2 heteroatoms. The van der Waals surface area contributed by atoms with Gasteiger partial charge in [0.2, 0.25) is 0 Å². The molecule has 1 aromatic carbocycles. The largest absolute Gasteiger partial charge is 0.481 e. The van der Waals surface area contributed by atoms with Crippen LogP contribution in [0, 0.1) is 5.92 Å². The van der Waals surface area contributed by atoms with E-state index in [4.69, 9.17) is 5.11 Å². The molecule has 0 saturated carbocycles. The van der Waals surface area contributed by atoms with Crippen LogP contribution in [-0.2, 0) is 11.2 Å². The van der Waals surface area contributed by atoms with Crippen LogP contribution in [0.5, 0.6) is 0 Å². The summed E-state index contributed by atoms with van der Waals surface area (Å²) in [5.74, 6) is 0.659. The number of carbonyl (C=O) groups is 1. The Kier molecular flexibility index (Phi) is 9.66. The third-order valence-corrected chi connectivity index (χ3v) is 4.44. The quantitative estimate of drug-likeness (QED) is 0.466. The van der Waals surface area contributed by atoms with Crippen molar-refractivity contribution in [3.8, 4) is 0 Å². The number of rotatable bonds is 12. The van der Waals surface area contributed by atoms with Crippen LogP contribution in [0.15, 0.2) is 24.3 Å². The summed E-state index contributed by atoms with van der Waals surface area (Å²) in [5.41, 5.74) is 2.89. The summed E-state index contributed by atoms with van der Waals surface area (Å²) in [6, 6.07) is 9.21. The molecule has 2 nitrogen and oxygen atoms in total. The molecule has 130 valence electrons. The maximum absolute atomic E-state index is 10.6. The van der Waals surface area contributed by atoms with Crippen LogP contribution >= 0.6 is 0 Å². The van der Waals surface area contributed by atoms with Crippen molar-refractivity contribution in [1.82, 2.24) is 0 Å². The zero-order valence-electron chi connectivity index (χ0n) is 15.2. The molecule has 0 fully saturated rings. The van der Waals surface area contributed by atoms with Crippen LogP contribution in [-0.4, -0.2) is 11.1 Å². The molecule has 0 aliphatic heterocycles. The molecule has 1 unspecified atom stereocenters. The van der Waals surface area contributed by atoms with E-state index in [1.165, 1.54) is 36.8 Å². The van der Waals surface area contributed by atoms with Crippen molar-refractivity contribution in [2.75, 3.05) is 0 Å². The van der Waals surface area contributed by atoms with Gasteiger partial charge in [-0.1, -0.05) is 70.7 Å². The Morgan fingerprint density at radius 1 is 1.00 bits per heavy atom. The second-order valence-corrected chi connectivity index (χ2v) is 7.17. The van der Waals surface area contributed by atoms with Gasteiger partial charge in [0.15, 0.2) is 0 Å². The first-order valence-electron chi connectivity index (χ1n) is 9.33. The summed E-state index contributed by atoms with van der Waals surface area (Å²) in [4.78, 5) is 10.6. The Labute approximate surface area is 142 Å². The maximum atomic E-state index is 10.6. The van der Waals surface area contributed by atoms with Gasteiger partial charge in [-0.3, -0.25) is 4.79 Å². The van der Waals surface area contributed by atoms with Crippen LogP contribution in [0.25, 0.3) is 0 Å². The molecule has 0 bridgehead atoms. The van der Waals surface area contributed by atoms with Gasteiger partial charge < -0.3 is 5.11 Å². The molecule has 1 aromatic rings. The summed E-state index contributed by atoms with van der Waals surface area (Å²) in [6.07, 6.45) is 9.37. The van der Waals surface area contributed by atoms with Crippen LogP contribution in [0.2, 0.25) is 0 Å². The highest BCUT2D eigenvalue weighted by Gasteiger charge is 2.11. The Hall–Kier alpha value is -1.31. The first-order chi connectivity index (χ1) is 11.0. The molecule has 1 N–H and O–H groups in total. The van der Waals surface area contributed by atoms with Gasteiger partial charge in [0.1, 0.15) is 0 Å². The van der Waals surface area contributed by atoms with Crippen LogP contribution < -0.4 is 0 Å². The summed E-state index contributed by atoms with van der Waals surface area (Å²) in [6.45, 7) is 6.76. The first kappa shape index (κ1) is 19.7. The van der Waals surface area contributed by atoms with Gasteiger partial charge in [-0.25, -0.2) is 0 Å². The van der Waals surface area contributed by atoms with E-state index >= 15 is 0 Å². The Morgan fingerprint density at radius 2 is 1.65 bits per heavy atom.